The highest BCUT2D eigenvalue weighted by Crippen LogP contribution is 2.32. The van der Waals surface area contributed by atoms with Crippen LogP contribution < -0.4 is 10.9 Å². The van der Waals surface area contributed by atoms with Crippen LogP contribution in [0.15, 0.2) is 34.2 Å². The van der Waals surface area contributed by atoms with E-state index in [0.717, 1.165) is 84.8 Å². The van der Waals surface area contributed by atoms with Crippen LogP contribution >= 0.6 is 11.8 Å². The number of urea groups is 1. The van der Waals surface area contributed by atoms with Gasteiger partial charge in [-0.3, -0.25) is 19.6 Å². The van der Waals surface area contributed by atoms with E-state index in [4.69, 9.17) is 1.37 Å². The lowest BCUT2D eigenvalue weighted by Crippen LogP contribution is -2.59. The number of aromatic nitrogens is 3. The summed E-state index contributed by atoms with van der Waals surface area (Å²) in [5.41, 5.74) is 4.73. The summed E-state index contributed by atoms with van der Waals surface area (Å²) in [6.45, 7) is 8.23. The number of thioether (sulfide) groups is 1. The number of nitrogens with zero attached hydrogens (tertiary/aromatic N) is 5. The minimum absolute atomic E-state index is 0.00615. The van der Waals surface area contributed by atoms with Gasteiger partial charge in [-0.25, -0.2) is 4.79 Å². The highest BCUT2D eigenvalue weighted by Gasteiger charge is 2.34. The lowest BCUT2D eigenvalue weighted by molar-refractivity contribution is -0.135. The van der Waals surface area contributed by atoms with E-state index in [9.17, 15) is 14.4 Å². The summed E-state index contributed by atoms with van der Waals surface area (Å²) < 4.78 is 8.24. The number of carbonyl (C=O) groups excluding carboxylic acids is 2. The maximum atomic E-state index is 14.2. The fourth-order valence-corrected chi connectivity index (χ4v) is 8.95. The molecule has 0 saturated carbocycles. The van der Waals surface area contributed by atoms with Gasteiger partial charge in [0.1, 0.15) is 6.04 Å². The number of piperazine rings is 1. The molecule has 0 unspecified atom stereocenters. The summed E-state index contributed by atoms with van der Waals surface area (Å²) >= 11 is 1.72. The van der Waals surface area contributed by atoms with Crippen molar-refractivity contribution in [3.8, 4) is 0 Å². The van der Waals surface area contributed by atoms with Gasteiger partial charge in [0.2, 0.25) is 5.91 Å². The molecular weight excluding hydrogens is 613 g/mol. The van der Waals surface area contributed by atoms with Crippen molar-refractivity contribution >= 4 is 34.6 Å². The molecule has 4 aliphatic heterocycles. The number of aryl methyl sites for hydroxylation is 2. The first-order valence-electron chi connectivity index (χ1n) is 17.8. The van der Waals surface area contributed by atoms with E-state index < -0.39 is 6.04 Å². The van der Waals surface area contributed by atoms with Crippen molar-refractivity contribution in [1.82, 2.24) is 40.1 Å². The molecule has 0 aliphatic carbocycles. The van der Waals surface area contributed by atoms with Crippen LogP contribution in [0, 0.1) is 6.92 Å². The maximum absolute atomic E-state index is 14.2. The van der Waals surface area contributed by atoms with Crippen LogP contribution in [0.1, 0.15) is 61.6 Å². The molecule has 7 rings (SSSR count). The first kappa shape index (κ1) is 31.0. The Bertz CT molecular complexity index is 1700. The molecule has 252 valence electrons. The highest BCUT2D eigenvalue weighted by molar-refractivity contribution is 7.99. The van der Waals surface area contributed by atoms with E-state index in [-0.39, 0.29) is 29.6 Å². The molecule has 4 aliphatic rings. The van der Waals surface area contributed by atoms with E-state index in [2.05, 4.69) is 43.4 Å². The zero-order valence-electron chi connectivity index (χ0n) is 28.6. The third-order valence-electron chi connectivity index (χ3n) is 10.8. The van der Waals surface area contributed by atoms with Crippen LogP contribution in [0.3, 0.4) is 0 Å². The van der Waals surface area contributed by atoms with E-state index in [1.807, 2.05) is 24.0 Å². The molecule has 3 saturated heterocycles. The number of rotatable bonds is 6. The molecule has 2 aromatic heterocycles. The number of piperidine rings is 2. The Labute approximate surface area is 282 Å². The third kappa shape index (κ3) is 7.10. The number of likely N-dealkylation sites (tertiary alicyclic amines) is 2. The maximum Gasteiger partial charge on any atom is 0.318 e. The smallest absolute Gasteiger partial charge is 0.318 e. The number of benzene rings is 1. The van der Waals surface area contributed by atoms with Crippen molar-refractivity contribution in [2.45, 2.75) is 74.9 Å². The van der Waals surface area contributed by atoms with Crippen LogP contribution in [0.2, 0.25) is 0 Å². The second-order valence-electron chi connectivity index (χ2n) is 13.9. The normalized spacial score (nSPS) is 21.4. The average Bonchev–Trinajstić information content (AvgIpc) is 3.48. The van der Waals surface area contributed by atoms with Gasteiger partial charge in [0.05, 0.1) is 18.1 Å². The molecule has 3 aromatic rings. The summed E-state index contributed by atoms with van der Waals surface area (Å²) in [5.74, 6) is 1.09. The second-order valence-corrected chi connectivity index (χ2v) is 15.0. The molecule has 6 heterocycles. The molecule has 0 radical (unpaired) electrons. The van der Waals surface area contributed by atoms with Crippen LogP contribution in [0.5, 0.6) is 0 Å². The number of fused-ring (bicyclic) bond motifs is 2. The fraction of sp³-hybridized carbons (Fsp3) is 0.600. The summed E-state index contributed by atoms with van der Waals surface area (Å²) in [6.07, 6.45) is 6.36. The number of amides is 3. The van der Waals surface area contributed by atoms with Gasteiger partial charge >= 0.3 is 6.03 Å². The van der Waals surface area contributed by atoms with Crippen molar-refractivity contribution in [3.63, 3.8) is 0 Å². The number of H-pyrrole nitrogens is 2. The van der Waals surface area contributed by atoms with E-state index >= 15 is 0 Å². The van der Waals surface area contributed by atoms with Crippen molar-refractivity contribution in [3.05, 3.63) is 57.0 Å². The Morgan fingerprint density at radius 2 is 1.81 bits per heavy atom. The van der Waals surface area contributed by atoms with E-state index in [1.54, 1.807) is 16.7 Å². The molecule has 11 nitrogen and oxygen atoms in total. The molecule has 0 spiro atoms. The van der Waals surface area contributed by atoms with Gasteiger partial charge < -0.3 is 25.0 Å². The predicted molar refractivity (Wildman–Crippen MR) is 185 cm³/mol. The lowest BCUT2D eigenvalue weighted by Gasteiger charge is -2.43. The molecule has 47 heavy (non-hydrogen) atoms. The van der Waals surface area contributed by atoms with Gasteiger partial charge in [0.25, 0.3) is 5.56 Å². The number of hydrogen-bond donors (Lipinski definition) is 3. The van der Waals surface area contributed by atoms with Crippen LogP contribution in [0.4, 0.5) is 4.79 Å². The summed E-state index contributed by atoms with van der Waals surface area (Å²) in [7, 11) is 2.18. The third-order valence-corrected chi connectivity index (χ3v) is 11.9. The monoisotopic (exact) mass is 661 g/mol. The Morgan fingerprint density at radius 1 is 1.04 bits per heavy atom. The van der Waals surface area contributed by atoms with Crippen molar-refractivity contribution in [2.75, 3.05) is 65.2 Å². The molecule has 12 heteroatoms. The van der Waals surface area contributed by atoms with Gasteiger partial charge in [-0.15, -0.1) is 11.8 Å². The predicted octanol–water partition coefficient (Wildman–Crippen LogP) is 3.34. The number of hydrogen-bond acceptors (Lipinski definition) is 7. The Morgan fingerprint density at radius 3 is 2.57 bits per heavy atom. The topological polar surface area (TPSA) is 121 Å². The summed E-state index contributed by atoms with van der Waals surface area (Å²) in [4.78, 5) is 52.7. The van der Waals surface area contributed by atoms with Gasteiger partial charge in [0.15, 0.2) is 0 Å². The fourth-order valence-electron chi connectivity index (χ4n) is 7.95. The number of nitrogens with one attached hydrogen (secondary N) is 3. The van der Waals surface area contributed by atoms with Crippen molar-refractivity contribution < 1.29 is 11.0 Å². The molecule has 1 aromatic carbocycles. The lowest BCUT2D eigenvalue weighted by atomic mass is 9.89. The largest absolute Gasteiger partial charge is 0.338 e. The number of carbonyl (C=O) groups is 2. The van der Waals surface area contributed by atoms with Gasteiger partial charge in [-0.05, 0) is 106 Å². The van der Waals surface area contributed by atoms with Crippen molar-refractivity contribution in [2.24, 2.45) is 0 Å². The quantitative estimate of drug-likeness (QED) is 0.371. The molecule has 3 N–H and O–H groups in total. The second kappa shape index (κ2) is 14.0. The minimum atomic E-state index is -0.732. The Balaban J connectivity index is 1.03. The van der Waals surface area contributed by atoms with E-state index in [0.29, 0.717) is 56.9 Å². The number of aromatic amines is 2. The van der Waals surface area contributed by atoms with Crippen LogP contribution in [0.25, 0.3) is 10.9 Å². The van der Waals surface area contributed by atoms with Crippen LogP contribution in [-0.4, -0.2) is 124 Å². The van der Waals surface area contributed by atoms with Crippen LogP contribution in [-0.2, 0) is 17.6 Å². The number of pyridine rings is 1. The Kier molecular flexibility index (Phi) is 9.23. The zero-order valence-corrected chi connectivity index (χ0v) is 28.5. The summed E-state index contributed by atoms with van der Waals surface area (Å²) in [6, 6.07) is 5.63. The first-order valence-corrected chi connectivity index (χ1v) is 18.3. The van der Waals surface area contributed by atoms with Gasteiger partial charge in [-0.1, -0.05) is 6.07 Å². The Hall–Kier alpha value is -3.35. The van der Waals surface area contributed by atoms with Gasteiger partial charge in [-0.2, -0.15) is 5.10 Å². The standard InChI is InChI=1S/C35H48N8O3S/c1-23-18-24(19-27-22-36-39-31(23)27)20-30(34(45)42-15-13-41(14-16-42)28-7-9-40(2)10-8-28)37-35(46)43-11-5-25(6-12-43)29-21-26-4-3-17-47-33(26)38-32(29)44/h18-19,21-22,25,28,30H,3-17,20H2,1-2H3,(H,36,39)(H,37,46)(H,38,44)/t30-/m1/s1/i22D. The van der Waals surface area contributed by atoms with E-state index in [1.165, 1.54) is 5.56 Å². The van der Waals surface area contributed by atoms with Gasteiger partial charge in [0, 0.05) is 62.7 Å². The molecule has 1 atom stereocenters. The zero-order chi connectivity index (χ0) is 33.4. The van der Waals surface area contributed by atoms with Crippen molar-refractivity contribution in [1.29, 1.82) is 0 Å². The average molecular weight is 662 g/mol. The molecular formula is C35H48N8O3S. The molecule has 3 fully saturated rings. The highest BCUT2D eigenvalue weighted by atomic mass is 32.2. The first-order chi connectivity index (χ1) is 23.2. The molecule has 0 bridgehead atoms. The summed E-state index contributed by atoms with van der Waals surface area (Å²) in [5, 5.41) is 11.8. The minimum Gasteiger partial charge on any atom is -0.338 e. The molecule has 3 amide bonds. The SMILES string of the molecule is [2H]c1n[nH]c2c(C)cc(C[C@@H](NC(=O)N3CCC(c4cc5c([nH]c4=O)SCCC5)CC3)C(=O)N3CCN(C4CCN(C)CC4)CC3)cc12.